The first-order valence-electron chi connectivity index (χ1n) is 6.90. The van der Waals surface area contributed by atoms with Gasteiger partial charge in [0.25, 0.3) is 0 Å². The third-order valence-corrected chi connectivity index (χ3v) is 3.97. The van der Waals surface area contributed by atoms with Crippen LogP contribution in [0.5, 0.6) is 0 Å². The molecule has 1 heterocycles. The summed E-state index contributed by atoms with van der Waals surface area (Å²) in [6.45, 7) is 6.22. The van der Waals surface area contributed by atoms with Gasteiger partial charge in [0.05, 0.1) is 6.54 Å². The van der Waals surface area contributed by atoms with E-state index in [-0.39, 0.29) is 11.8 Å². The number of thiophene rings is 1. The van der Waals surface area contributed by atoms with E-state index >= 15 is 0 Å². The van der Waals surface area contributed by atoms with Gasteiger partial charge in [-0.1, -0.05) is 12.1 Å². The van der Waals surface area contributed by atoms with Crippen molar-refractivity contribution in [2.24, 2.45) is 0 Å². The van der Waals surface area contributed by atoms with E-state index in [2.05, 4.69) is 11.9 Å². The molecule has 0 aliphatic carbocycles. The van der Waals surface area contributed by atoms with E-state index < -0.39 is 0 Å². The molecule has 0 spiro atoms. The molecule has 2 amide bonds. The van der Waals surface area contributed by atoms with Gasteiger partial charge in [-0.3, -0.25) is 4.79 Å². The molecule has 0 saturated heterocycles. The molecule has 5 heteroatoms. The average Bonchev–Trinajstić information content (AvgIpc) is 3.00. The van der Waals surface area contributed by atoms with Crippen LogP contribution in [0.4, 0.5) is 10.5 Å². The Kier molecular flexibility index (Phi) is 5.49. The Morgan fingerprint density at radius 1 is 1.27 bits per heavy atom. The zero-order valence-electron chi connectivity index (χ0n) is 12.4. The maximum absolute atomic E-state index is 12.4. The number of carbonyl (C=O) groups is 2. The summed E-state index contributed by atoms with van der Waals surface area (Å²) >= 11 is 1.61. The third kappa shape index (κ3) is 4.30. The molecule has 4 nitrogen and oxygen atoms in total. The predicted octanol–water partition coefficient (Wildman–Crippen LogP) is 4.17. The Morgan fingerprint density at radius 3 is 2.55 bits per heavy atom. The summed E-state index contributed by atoms with van der Waals surface area (Å²) in [5, 5.41) is 4.82. The van der Waals surface area contributed by atoms with Crippen LogP contribution in [0.2, 0.25) is 0 Å². The highest BCUT2D eigenvalue weighted by molar-refractivity contribution is 7.09. The van der Waals surface area contributed by atoms with Crippen LogP contribution in [0, 0.1) is 0 Å². The monoisotopic (exact) mass is 314 g/mol. The van der Waals surface area contributed by atoms with E-state index in [1.165, 1.54) is 6.92 Å². The number of amides is 2. The molecular formula is C17H18N2O2S. The molecule has 1 N–H and O–H groups in total. The number of rotatable bonds is 6. The van der Waals surface area contributed by atoms with Crippen LogP contribution in [-0.2, 0) is 6.54 Å². The van der Waals surface area contributed by atoms with Gasteiger partial charge in [-0.15, -0.1) is 17.9 Å². The number of nitrogens with zero attached hydrogens (tertiary/aromatic N) is 1. The lowest BCUT2D eigenvalue weighted by Gasteiger charge is -2.21. The van der Waals surface area contributed by atoms with Crippen molar-refractivity contribution in [3.05, 3.63) is 64.9 Å². The van der Waals surface area contributed by atoms with E-state index in [1.54, 1.807) is 46.6 Å². The van der Waals surface area contributed by atoms with Crippen molar-refractivity contribution in [2.45, 2.75) is 13.5 Å². The number of benzene rings is 1. The highest BCUT2D eigenvalue weighted by atomic mass is 32.1. The van der Waals surface area contributed by atoms with Crippen LogP contribution >= 0.6 is 11.3 Å². The quantitative estimate of drug-likeness (QED) is 0.642. The molecule has 0 aliphatic rings. The van der Waals surface area contributed by atoms with Crippen LogP contribution in [-0.4, -0.2) is 23.3 Å². The second-order valence-electron chi connectivity index (χ2n) is 4.81. The van der Waals surface area contributed by atoms with Gasteiger partial charge in [-0.25, -0.2) is 4.79 Å². The molecule has 2 aromatic rings. The highest BCUT2D eigenvalue weighted by Crippen LogP contribution is 2.15. The minimum Gasteiger partial charge on any atom is -0.316 e. The molecule has 0 aliphatic heterocycles. The topological polar surface area (TPSA) is 49.4 Å². The summed E-state index contributed by atoms with van der Waals surface area (Å²) < 4.78 is 0. The number of hydrogen-bond acceptors (Lipinski definition) is 3. The molecule has 0 fully saturated rings. The lowest BCUT2D eigenvalue weighted by Crippen LogP contribution is -2.34. The summed E-state index contributed by atoms with van der Waals surface area (Å²) in [4.78, 5) is 26.4. The van der Waals surface area contributed by atoms with E-state index in [1.807, 2.05) is 17.5 Å². The fourth-order valence-corrected chi connectivity index (χ4v) is 2.68. The lowest BCUT2D eigenvalue weighted by atomic mass is 10.1. The fraction of sp³-hybridized carbons (Fsp3) is 0.176. The SMILES string of the molecule is C=CCN(Cc1cccs1)C(=O)Nc1ccc(C(C)=O)cc1. The predicted molar refractivity (Wildman–Crippen MR) is 90.4 cm³/mol. The Morgan fingerprint density at radius 2 is 2.00 bits per heavy atom. The molecule has 0 bridgehead atoms. The number of hydrogen-bond donors (Lipinski definition) is 1. The summed E-state index contributed by atoms with van der Waals surface area (Å²) in [5.74, 6) is 0.00357. The van der Waals surface area contributed by atoms with Crippen molar-refractivity contribution in [3.63, 3.8) is 0 Å². The first-order valence-corrected chi connectivity index (χ1v) is 7.78. The molecule has 1 aromatic heterocycles. The average molecular weight is 314 g/mol. The van der Waals surface area contributed by atoms with Gasteiger partial charge in [-0.05, 0) is 42.6 Å². The minimum absolute atomic E-state index is 0.00357. The van der Waals surface area contributed by atoms with Crippen LogP contribution < -0.4 is 5.32 Å². The molecule has 2 rings (SSSR count). The molecular weight excluding hydrogens is 296 g/mol. The van der Waals surface area contributed by atoms with E-state index in [0.717, 1.165) is 4.88 Å². The van der Waals surface area contributed by atoms with E-state index in [0.29, 0.717) is 24.3 Å². The number of ketones is 1. The molecule has 1 aromatic carbocycles. The number of anilines is 1. The fourth-order valence-electron chi connectivity index (χ4n) is 1.96. The highest BCUT2D eigenvalue weighted by Gasteiger charge is 2.13. The van der Waals surface area contributed by atoms with Gasteiger partial charge in [-0.2, -0.15) is 0 Å². The van der Waals surface area contributed by atoms with Crippen LogP contribution in [0.1, 0.15) is 22.2 Å². The molecule has 114 valence electrons. The maximum atomic E-state index is 12.4. The molecule has 22 heavy (non-hydrogen) atoms. The standard InChI is InChI=1S/C17H18N2O2S/c1-3-10-19(12-16-5-4-11-22-16)17(21)18-15-8-6-14(7-9-15)13(2)20/h3-9,11H,1,10,12H2,2H3,(H,18,21). The smallest absolute Gasteiger partial charge is 0.316 e. The molecule has 0 radical (unpaired) electrons. The summed E-state index contributed by atoms with van der Waals surface area (Å²) in [6, 6.07) is 10.6. The maximum Gasteiger partial charge on any atom is 0.322 e. The zero-order chi connectivity index (χ0) is 15.9. The van der Waals surface area contributed by atoms with E-state index in [4.69, 9.17) is 0 Å². The van der Waals surface area contributed by atoms with Crippen molar-refractivity contribution in [1.82, 2.24) is 4.90 Å². The van der Waals surface area contributed by atoms with Gasteiger partial charge in [0, 0.05) is 22.7 Å². The minimum atomic E-state index is -0.191. The molecule has 0 saturated carbocycles. The summed E-state index contributed by atoms with van der Waals surface area (Å²) in [7, 11) is 0. The van der Waals surface area contributed by atoms with Crippen molar-refractivity contribution in [1.29, 1.82) is 0 Å². The second kappa shape index (κ2) is 7.56. The summed E-state index contributed by atoms with van der Waals surface area (Å²) in [5.41, 5.74) is 1.29. The van der Waals surface area contributed by atoms with Crippen LogP contribution in [0.15, 0.2) is 54.4 Å². The van der Waals surface area contributed by atoms with Gasteiger partial charge < -0.3 is 10.2 Å². The number of carbonyl (C=O) groups excluding carboxylic acids is 2. The largest absolute Gasteiger partial charge is 0.322 e. The number of Topliss-reactive ketones (excluding diaryl/α,β-unsaturated/α-hetero) is 1. The van der Waals surface area contributed by atoms with Crippen molar-refractivity contribution in [3.8, 4) is 0 Å². The van der Waals surface area contributed by atoms with Crippen LogP contribution in [0.25, 0.3) is 0 Å². The first kappa shape index (κ1) is 16.0. The van der Waals surface area contributed by atoms with Gasteiger partial charge >= 0.3 is 6.03 Å². The van der Waals surface area contributed by atoms with Crippen molar-refractivity contribution in [2.75, 3.05) is 11.9 Å². The lowest BCUT2D eigenvalue weighted by molar-refractivity contribution is 0.101. The molecule has 0 atom stereocenters. The third-order valence-electron chi connectivity index (χ3n) is 3.11. The van der Waals surface area contributed by atoms with Gasteiger partial charge in [0.1, 0.15) is 0 Å². The van der Waals surface area contributed by atoms with Crippen molar-refractivity contribution >= 4 is 28.8 Å². The number of nitrogens with one attached hydrogen (secondary N) is 1. The van der Waals surface area contributed by atoms with Crippen molar-refractivity contribution < 1.29 is 9.59 Å². The van der Waals surface area contributed by atoms with Gasteiger partial charge in [0.2, 0.25) is 0 Å². The zero-order valence-corrected chi connectivity index (χ0v) is 13.2. The normalized spacial score (nSPS) is 10.0. The summed E-state index contributed by atoms with van der Waals surface area (Å²) in [6.07, 6.45) is 1.70. The Hall–Kier alpha value is -2.40. The Bertz CT molecular complexity index is 648. The van der Waals surface area contributed by atoms with Crippen LogP contribution in [0.3, 0.4) is 0 Å². The first-order chi connectivity index (χ1) is 10.6. The Balaban J connectivity index is 2.03. The van der Waals surface area contributed by atoms with Gasteiger partial charge in [0.15, 0.2) is 5.78 Å². The number of urea groups is 1. The Labute approximate surface area is 134 Å². The van der Waals surface area contributed by atoms with E-state index in [9.17, 15) is 9.59 Å². The second-order valence-corrected chi connectivity index (χ2v) is 5.84. The molecule has 0 unspecified atom stereocenters.